The fourth-order valence-electron chi connectivity index (χ4n) is 2.04. The Morgan fingerprint density at radius 3 is 2.07 bits per heavy atom. The number of ketones is 1. The van der Waals surface area contributed by atoms with Crippen molar-refractivity contribution in [2.75, 3.05) is 20.7 Å². The number of nitrogens with zero attached hydrogens (tertiary/aromatic N) is 1. The standard InChI is InChI=1S/C20H18F3NO4/c1-24(2)19(26)13-27-16-10-6-15(7-11-16)18(25)12-5-14-3-8-17(9-4-14)28-20(21,22)23/h3-12H,13H2,1-2H3. The number of amides is 1. The Labute approximate surface area is 160 Å². The van der Waals surface area contributed by atoms with Crippen LogP contribution in [0, 0.1) is 0 Å². The highest BCUT2D eigenvalue weighted by Gasteiger charge is 2.30. The van der Waals surface area contributed by atoms with Crippen molar-refractivity contribution >= 4 is 17.8 Å². The summed E-state index contributed by atoms with van der Waals surface area (Å²) in [4.78, 5) is 25.1. The Morgan fingerprint density at radius 2 is 1.54 bits per heavy atom. The molecule has 0 aliphatic heterocycles. The van der Waals surface area contributed by atoms with Crippen molar-refractivity contribution in [3.05, 3.63) is 65.7 Å². The monoisotopic (exact) mass is 393 g/mol. The van der Waals surface area contributed by atoms with Crippen LogP contribution in [0.25, 0.3) is 6.08 Å². The predicted molar refractivity (Wildman–Crippen MR) is 97.1 cm³/mol. The number of halogens is 3. The van der Waals surface area contributed by atoms with Gasteiger partial charge in [0.2, 0.25) is 0 Å². The Morgan fingerprint density at radius 1 is 0.964 bits per heavy atom. The molecule has 0 N–H and O–H groups in total. The second-order valence-corrected chi connectivity index (χ2v) is 5.92. The summed E-state index contributed by atoms with van der Waals surface area (Å²) in [6.45, 7) is -0.103. The number of ether oxygens (including phenoxy) is 2. The third kappa shape index (κ3) is 6.79. The van der Waals surface area contributed by atoms with Crippen LogP contribution in [0.5, 0.6) is 11.5 Å². The molecule has 8 heteroatoms. The van der Waals surface area contributed by atoms with E-state index >= 15 is 0 Å². The lowest BCUT2D eigenvalue weighted by molar-refractivity contribution is -0.274. The molecule has 0 heterocycles. The molecule has 0 aliphatic carbocycles. The van der Waals surface area contributed by atoms with Crippen LogP contribution in [0.1, 0.15) is 15.9 Å². The average Bonchev–Trinajstić information content (AvgIpc) is 2.64. The summed E-state index contributed by atoms with van der Waals surface area (Å²) in [5.74, 6) is -0.350. The van der Waals surface area contributed by atoms with Gasteiger partial charge in [0.1, 0.15) is 11.5 Å². The maximum Gasteiger partial charge on any atom is 0.573 e. The minimum Gasteiger partial charge on any atom is -0.484 e. The fourth-order valence-corrected chi connectivity index (χ4v) is 2.04. The van der Waals surface area contributed by atoms with Crippen LogP contribution >= 0.6 is 0 Å². The minimum absolute atomic E-state index is 0.103. The molecule has 0 saturated carbocycles. The first-order chi connectivity index (χ1) is 13.1. The molecule has 148 valence electrons. The molecule has 0 bridgehead atoms. The average molecular weight is 393 g/mol. The first-order valence-corrected chi connectivity index (χ1v) is 8.15. The van der Waals surface area contributed by atoms with Gasteiger partial charge >= 0.3 is 6.36 Å². The molecule has 0 spiro atoms. The summed E-state index contributed by atoms with van der Waals surface area (Å²) in [5, 5.41) is 0. The Hall–Kier alpha value is -3.29. The van der Waals surface area contributed by atoms with Crippen molar-refractivity contribution in [1.29, 1.82) is 0 Å². The summed E-state index contributed by atoms with van der Waals surface area (Å²) in [5.41, 5.74) is 0.949. The number of hydrogen-bond acceptors (Lipinski definition) is 4. The van der Waals surface area contributed by atoms with E-state index in [1.807, 2.05) is 0 Å². The number of carbonyl (C=O) groups excluding carboxylic acids is 2. The second-order valence-electron chi connectivity index (χ2n) is 5.92. The summed E-state index contributed by atoms with van der Waals surface area (Å²) in [6.07, 6.45) is -1.95. The van der Waals surface area contributed by atoms with Crippen molar-refractivity contribution in [1.82, 2.24) is 4.90 Å². The van der Waals surface area contributed by atoms with Gasteiger partial charge in [-0.05, 0) is 48.0 Å². The van der Waals surface area contributed by atoms with Gasteiger partial charge in [0.15, 0.2) is 12.4 Å². The summed E-state index contributed by atoms with van der Waals surface area (Å²) < 4.78 is 45.5. The van der Waals surface area contributed by atoms with E-state index in [9.17, 15) is 22.8 Å². The van der Waals surface area contributed by atoms with E-state index in [1.54, 1.807) is 38.4 Å². The van der Waals surface area contributed by atoms with Gasteiger partial charge < -0.3 is 14.4 Å². The van der Waals surface area contributed by atoms with Gasteiger partial charge in [0, 0.05) is 19.7 Å². The molecule has 2 aromatic carbocycles. The van der Waals surface area contributed by atoms with Crippen molar-refractivity contribution in [2.45, 2.75) is 6.36 Å². The van der Waals surface area contributed by atoms with Crippen molar-refractivity contribution in [2.24, 2.45) is 0 Å². The van der Waals surface area contributed by atoms with E-state index < -0.39 is 6.36 Å². The van der Waals surface area contributed by atoms with E-state index in [1.165, 1.54) is 41.3 Å². The van der Waals surface area contributed by atoms with Gasteiger partial charge in [0.05, 0.1) is 0 Å². The normalized spacial score (nSPS) is 11.3. The molecule has 28 heavy (non-hydrogen) atoms. The molecule has 0 aliphatic rings. The molecule has 0 aromatic heterocycles. The van der Waals surface area contributed by atoms with Crippen LogP contribution in [0.15, 0.2) is 54.6 Å². The third-order valence-electron chi connectivity index (χ3n) is 3.54. The van der Waals surface area contributed by atoms with Crippen LogP contribution in [0.2, 0.25) is 0 Å². The van der Waals surface area contributed by atoms with Gasteiger partial charge in [0.25, 0.3) is 5.91 Å². The lowest BCUT2D eigenvalue weighted by Gasteiger charge is -2.11. The Bertz CT molecular complexity index is 841. The molecular weight excluding hydrogens is 375 g/mol. The molecule has 2 aromatic rings. The highest BCUT2D eigenvalue weighted by Crippen LogP contribution is 2.23. The van der Waals surface area contributed by atoms with Gasteiger partial charge in [-0.1, -0.05) is 18.2 Å². The quantitative estimate of drug-likeness (QED) is 0.528. The summed E-state index contributed by atoms with van der Waals surface area (Å²) in [7, 11) is 3.24. The van der Waals surface area contributed by atoms with Gasteiger partial charge in [-0.25, -0.2) is 0 Å². The molecule has 0 radical (unpaired) electrons. The van der Waals surface area contributed by atoms with Crippen LogP contribution in [-0.4, -0.2) is 43.7 Å². The lowest BCUT2D eigenvalue weighted by atomic mass is 10.1. The summed E-state index contributed by atoms with van der Waals surface area (Å²) >= 11 is 0. The molecule has 1 amide bonds. The van der Waals surface area contributed by atoms with Crippen molar-refractivity contribution in [3.63, 3.8) is 0 Å². The SMILES string of the molecule is CN(C)C(=O)COc1ccc(C(=O)C=Cc2ccc(OC(F)(F)F)cc2)cc1. The highest BCUT2D eigenvalue weighted by atomic mass is 19.4. The number of hydrogen-bond donors (Lipinski definition) is 0. The topological polar surface area (TPSA) is 55.8 Å². The lowest BCUT2D eigenvalue weighted by Crippen LogP contribution is -2.27. The van der Waals surface area contributed by atoms with E-state index in [0.717, 1.165) is 0 Å². The molecule has 2 rings (SSSR count). The van der Waals surface area contributed by atoms with Gasteiger partial charge in [-0.2, -0.15) is 0 Å². The van der Waals surface area contributed by atoms with Gasteiger partial charge in [-0.15, -0.1) is 13.2 Å². The van der Waals surface area contributed by atoms with Gasteiger partial charge in [-0.3, -0.25) is 9.59 Å². The largest absolute Gasteiger partial charge is 0.573 e. The number of carbonyl (C=O) groups is 2. The molecule has 5 nitrogen and oxygen atoms in total. The number of rotatable bonds is 7. The smallest absolute Gasteiger partial charge is 0.484 e. The first-order valence-electron chi connectivity index (χ1n) is 8.15. The highest BCUT2D eigenvalue weighted by molar-refractivity contribution is 6.06. The fraction of sp³-hybridized carbons (Fsp3) is 0.200. The van der Waals surface area contributed by atoms with E-state index in [2.05, 4.69) is 4.74 Å². The zero-order valence-corrected chi connectivity index (χ0v) is 15.2. The van der Waals surface area contributed by atoms with E-state index in [0.29, 0.717) is 16.9 Å². The van der Waals surface area contributed by atoms with Crippen molar-refractivity contribution in [3.8, 4) is 11.5 Å². The molecular formula is C20H18F3NO4. The zero-order valence-electron chi connectivity index (χ0n) is 15.2. The molecule has 0 unspecified atom stereocenters. The Balaban J connectivity index is 1.94. The van der Waals surface area contributed by atoms with E-state index in [-0.39, 0.29) is 24.0 Å². The van der Waals surface area contributed by atoms with E-state index in [4.69, 9.17) is 4.74 Å². The minimum atomic E-state index is -4.75. The third-order valence-corrected chi connectivity index (χ3v) is 3.54. The second kappa shape index (κ2) is 9.07. The van der Waals surface area contributed by atoms with Crippen molar-refractivity contribution < 1.29 is 32.2 Å². The van der Waals surface area contributed by atoms with Crippen LogP contribution in [0.4, 0.5) is 13.2 Å². The maximum absolute atomic E-state index is 12.2. The number of benzene rings is 2. The summed E-state index contributed by atoms with van der Waals surface area (Å²) in [6, 6.07) is 11.4. The molecule has 0 fully saturated rings. The predicted octanol–water partition coefficient (Wildman–Crippen LogP) is 3.95. The van der Waals surface area contributed by atoms with Crippen LogP contribution in [-0.2, 0) is 4.79 Å². The molecule has 0 atom stereocenters. The number of likely N-dealkylation sites (N-methyl/N-ethyl adjacent to an activating group) is 1. The zero-order chi connectivity index (χ0) is 20.7. The first kappa shape index (κ1) is 21.0. The number of alkyl halides is 3. The number of allylic oxidation sites excluding steroid dienone is 1. The van der Waals surface area contributed by atoms with Crippen LogP contribution < -0.4 is 9.47 Å². The Kier molecular flexibility index (Phi) is 6.81. The van der Waals surface area contributed by atoms with Crippen LogP contribution in [0.3, 0.4) is 0 Å². The maximum atomic E-state index is 12.2. The molecule has 0 saturated heterocycles.